The van der Waals surface area contributed by atoms with Gasteiger partial charge in [-0.3, -0.25) is 0 Å². The predicted molar refractivity (Wildman–Crippen MR) is 216 cm³/mol. The Morgan fingerprint density at radius 2 is 0.764 bits per heavy atom. The smallest absolute Gasteiger partial charge is 0.407 e. The number of ether oxygens (including phenoxy) is 12. The number of benzene rings is 2. The molecule has 0 unspecified atom stereocenters. The Hall–Kier alpha value is -2.00. The number of halogens is 1. The molecule has 312 valence electrons. The first-order valence-electron chi connectivity index (χ1n) is 19.3. The van der Waals surface area contributed by atoms with Crippen LogP contribution in [-0.2, 0) is 56.8 Å². The topological polar surface area (TPSA) is 140 Å². The highest BCUT2D eigenvalue weighted by Crippen LogP contribution is 2.44. The molecule has 0 radical (unpaired) electrons. The summed E-state index contributed by atoms with van der Waals surface area (Å²) in [5.74, 6) is 0.0499. The predicted octanol–water partition coefficient (Wildman–Crippen LogP) is 4.53. The Labute approximate surface area is 340 Å². The van der Waals surface area contributed by atoms with Gasteiger partial charge in [-0.25, -0.2) is 4.79 Å². The van der Waals surface area contributed by atoms with Crippen LogP contribution in [0.4, 0.5) is 4.79 Å². The minimum atomic E-state index is -0.414. The third-order valence-corrected chi connectivity index (χ3v) is 8.46. The van der Waals surface area contributed by atoms with Crippen LogP contribution in [0.25, 0.3) is 11.1 Å². The van der Waals surface area contributed by atoms with Crippen molar-refractivity contribution < 1.29 is 61.6 Å². The molecule has 0 aliphatic heterocycles. The van der Waals surface area contributed by atoms with Crippen molar-refractivity contribution in [3.8, 4) is 11.1 Å². The number of alkyl halides is 1. The second-order valence-electron chi connectivity index (χ2n) is 12.0. The van der Waals surface area contributed by atoms with Crippen molar-refractivity contribution in [1.29, 1.82) is 0 Å². The summed E-state index contributed by atoms with van der Waals surface area (Å²) in [5.41, 5.74) is 4.81. The first-order valence-corrected chi connectivity index (χ1v) is 20.8. The molecular formula is C40H62INO13. The van der Waals surface area contributed by atoms with Crippen LogP contribution >= 0.6 is 22.6 Å². The summed E-state index contributed by atoms with van der Waals surface area (Å²) in [6.07, 6.45) is 0.271. The zero-order valence-corrected chi connectivity index (χ0v) is 34.4. The van der Waals surface area contributed by atoms with Crippen LogP contribution in [0.1, 0.15) is 23.5 Å². The molecule has 0 atom stereocenters. The summed E-state index contributed by atoms with van der Waals surface area (Å²) in [4.78, 5) is 12.3. The second kappa shape index (κ2) is 34.1. The van der Waals surface area contributed by atoms with Crippen LogP contribution in [-0.4, -0.2) is 169 Å². The van der Waals surface area contributed by atoms with Crippen LogP contribution in [0.15, 0.2) is 48.5 Å². The van der Waals surface area contributed by atoms with Crippen molar-refractivity contribution in [2.24, 2.45) is 0 Å². The fourth-order valence-electron chi connectivity index (χ4n) is 5.37. The number of amides is 1. The molecule has 14 nitrogen and oxygen atoms in total. The van der Waals surface area contributed by atoms with E-state index >= 15 is 0 Å². The lowest BCUT2D eigenvalue weighted by atomic mass is 9.98. The molecule has 15 heteroatoms. The Morgan fingerprint density at radius 3 is 1.11 bits per heavy atom. The van der Waals surface area contributed by atoms with Gasteiger partial charge in [0.1, 0.15) is 6.61 Å². The van der Waals surface area contributed by atoms with E-state index in [1.165, 1.54) is 22.3 Å². The average Bonchev–Trinajstić information content (AvgIpc) is 3.53. The molecule has 1 amide bonds. The Morgan fingerprint density at radius 1 is 0.455 bits per heavy atom. The quantitative estimate of drug-likeness (QED) is 0.0575. The lowest BCUT2D eigenvalue weighted by Gasteiger charge is -2.14. The van der Waals surface area contributed by atoms with Crippen molar-refractivity contribution in [3.05, 3.63) is 59.7 Å². The van der Waals surface area contributed by atoms with E-state index < -0.39 is 6.09 Å². The van der Waals surface area contributed by atoms with Crippen LogP contribution in [0.5, 0.6) is 0 Å². The fourth-order valence-corrected chi connectivity index (χ4v) is 5.68. The lowest BCUT2D eigenvalue weighted by molar-refractivity contribution is -0.0273. The van der Waals surface area contributed by atoms with Crippen molar-refractivity contribution in [1.82, 2.24) is 5.32 Å². The van der Waals surface area contributed by atoms with Crippen molar-refractivity contribution in [2.75, 3.05) is 163 Å². The number of carbonyl (C=O) groups is 1. The standard InChI is InChI=1S/C40H62INO13/c41-10-13-45-15-17-47-19-21-49-23-25-51-27-29-53-31-33-54-32-30-52-28-26-50-24-22-48-20-18-46-16-14-44-12-5-11-42-40(43)55-34-39-37-8-3-1-6-35(37)36-7-2-4-9-38(36)39/h1-4,6-9,39H,5,10-34H2,(H,42,43). The molecule has 0 aromatic heterocycles. The highest BCUT2D eigenvalue weighted by Gasteiger charge is 2.28. The van der Waals surface area contributed by atoms with Gasteiger partial charge in [0, 0.05) is 23.5 Å². The first kappa shape index (κ1) is 47.4. The zero-order chi connectivity index (χ0) is 38.7. The number of hydrogen-bond acceptors (Lipinski definition) is 13. The molecule has 0 spiro atoms. The Balaban J connectivity index is 0.941. The molecular weight excluding hydrogens is 829 g/mol. The monoisotopic (exact) mass is 891 g/mol. The number of nitrogens with one attached hydrogen (secondary N) is 1. The van der Waals surface area contributed by atoms with E-state index in [4.69, 9.17) is 56.8 Å². The fraction of sp³-hybridized carbons (Fsp3) is 0.675. The summed E-state index contributed by atoms with van der Waals surface area (Å²) in [7, 11) is 0. The average molecular weight is 892 g/mol. The zero-order valence-electron chi connectivity index (χ0n) is 32.3. The molecule has 1 N–H and O–H groups in total. The summed E-state index contributed by atoms with van der Waals surface area (Å²) in [6, 6.07) is 16.6. The lowest BCUT2D eigenvalue weighted by Crippen LogP contribution is -2.27. The van der Waals surface area contributed by atoms with Crippen LogP contribution in [0, 0.1) is 0 Å². The maximum absolute atomic E-state index is 12.3. The number of alkyl carbamates (subject to hydrolysis) is 1. The molecule has 0 bridgehead atoms. The van der Waals surface area contributed by atoms with E-state index in [1.807, 2.05) is 24.3 Å². The van der Waals surface area contributed by atoms with Crippen molar-refractivity contribution in [2.45, 2.75) is 12.3 Å². The van der Waals surface area contributed by atoms with Crippen molar-refractivity contribution >= 4 is 28.7 Å². The van der Waals surface area contributed by atoms with Gasteiger partial charge < -0.3 is 62.2 Å². The molecule has 0 saturated carbocycles. The molecule has 0 saturated heterocycles. The largest absolute Gasteiger partial charge is 0.449 e. The third-order valence-electron chi connectivity index (χ3n) is 8.02. The van der Waals surface area contributed by atoms with Gasteiger partial charge in [0.15, 0.2) is 0 Å². The maximum atomic E-state index is 12.3. The van der Waals surface area contributed by atoms with E-state index in [9.17, 15) is 4.79 Å². The second-order valence-corrected chi connectivity index (χ2v) is 13.1. The minimum absolute atomic E-state index is 0.0499. The molecule has 3 rings (SSSR count). The number of rotatable bonds is 38. The Kier molecular flexibility index (Phi) is 29.4. The van der Waals surface area contributed by atoms with E-state index in [0.29, 0.717) is 158 Å². The highest BCUT2D eigenvalue weighted by molar-refractivity contribution is 14.1. The van der Waals surface area contributed by atoms with Crippen molar-refractivity contribution in [3.63, 3.8) is 0 Å². The number of hydrogen-bond donors (Lipinski definition) is 1. The SMILES string of the molecule is O=C(NCCCOCCOCCOCCOCCOCCOCCOCCOCCOCCOCCOCCI)OCC1c2ccccc2-c2ccccc21. The van der Waals surface area contributed by atoms with Gasteiger partial charge in [0.05, 0.1) is 139 Å². The van der Waals surface area contributed by atoms with Gasteiger partial charge in [-0.05, 0) is 28.7 Å². The minimum Gasteiger partial charge on any atom is -0.449 e. The summed E-state index contributed by atoms with van der Waals surface area (Å²) < 4.78 is 66.8. The van der Waals surface area contributed by atoms with E-state index in [-0.39, 0.29) is 5.92 Å². The molecule has 0 fully saturated rings. The maximum Gasteiger partial charge on any atom is 0.407 e. The van der Waals surface area contributed by atoms with Gasteiger partial charge in [0.2, 0.25) is 0 Å². The van der Waals surface area contributed by atoms with E-state index in [1.54, 1.807) is 0 Å². The molecule has 0 heterocycles. The molecule has 1 aliphatic carbocycles. The normalized spacial score (nSPS) is 12.2. The van der Waals surface area contributed by atoms with Crippen LogP contribution in [0.3, 0.4) is 0 Å². The van der Waals surface area contributed by atoms with Gasteiger partial charge in [-0.2, -0.15) is 0 Å². The first-order chi connectivity index (χ1) is 27.3. The molecule has 2 aromatic carbocycles. The van der Waals surface area contributed by atoms with Crippen LogP contribution < -0.4 is 5.32 Å². The van der Waals surface area contributed by atoms with Gasteiger partial charge in [0.25, 0.3) is 0 Å². The summed E-state index contributed by atoms with van der Waals surface area (Å²) in [5, 5.41) is 2.81. The van der Waals surface area contributed by atoms with Gasteiger partial charge in [-0.1, -0.05) is 71.1 Å². The number of carbonyl (C=O) groups excluding carboxylic acids is 1. The number of fused-ring (bicyclic) bond motifs is 3. The van der Waals surface area contributed by atoms with E-state index in [2.05, 4.69) is 52.2 Å². The van der Waals surface area contributed by atoms with Crippen LogP contribution in [0.2, 0.25) is 0 Å². The van der Waals surface area contributed by atoms with Gasteiger partial charge in [-0.15, -0.1) is 0 Å². The molecule has 2 aromatic rings. The highest BCUT2D eigenvalue weighted by atomic mass is 127. The Bertz CT molecular complexity index is 1170. The third kappa shape index (κ3) is 23.1. The van der Waals surface area contributed by atoms with E-state index in [0.717, 1.165) is 11.0 Å². The van der Waals surface area contributed by atoms with Gasteiger partial charge >= 0.3 is 6.09 Å². The molecule has 55 heavy (non-hydrogen) atoms. The molecule has 1 aliphatic rings. The summed E-state index contributed by atoms with van der Waals surface area (Å²) >= 11 is 2.28. The summed E-state index contributed by atoms with van der Waals surface area (Å²) in [6.45, 7) is 12.4.